The number of carbonyl (C=O) groups excluding carboxylic acids is 2. The van der Waals surface area contributed by atoms with Crippen LogP contribution in [0.3, 0.4) is 0 Å². The predicted molar refractivity (Wildman–Crippen MR) is 169 cm³/mol. The van der Waals surface area contributed by atoms with Crippen molar-refractivity contribution in [3.8, 4) is 16.3 Å². The van der Waals surface area contributed by atoms with Crippen LogP contribution in [-0.2, 0) is 10.0 Å². The third-order valence-corrected chi connectivity index (χ3v) is 10.3. The molecule has 0 aliphatic carbocycles. The third-order valence-electron chi connectivity index (χ3n) is 7.65. The summed E-state index contributed by atoms with van der Waals surface area (Å²) >= 11 is 1.50. The monoisotopic (exact) mass is 634 g/mol. The molecule has 3 atom stereocenters. The molecule has 0 radical (unpaired) electrons. The smallest absolute Gasteiger partial charge is 0.258 e. The first kappa shape index (κ1) is 31.3. The fraction of sp³-hybridized carbons (Fsp3) is 0.281. The normalized spacial score (nSPS) is 17.8. The molecule has 0 saturated carbocycles. The van der Waals surface area contributed by atoms with Crippen LogP contribution in [0, 0.1) is 5.92 Å². The van der Waals surface area contributed by atoms with Crippen molar-refractivity contribution in [2.45, 2.75) is 30.9 Å². The van der Waals surface area contributed by atoms with Crippen molar-refractivity contribution in [2.24, 2.45) is 5.92 Å². The van der Waals surface area contributed by atoms with Gasteiger partial charge in [-0.2, -0.15) is 4.31 Å². The summed E-state index contributed by atoms with van der Waals surface area (Å²) < 4.78 is 34.4. The number of aliphatic hydroxyl groups is 1. The van der Waals surface area contributed by atoms with Crippen LogP contribution in [0.15, 0.2) is 89.3 Å². The summed E-state index contributed by atoms with van der Waals surface area (Å²) in [6.45, 7) is 3.57. The van der Waals surface area contributed by atoms with E-state index in [9.17, 15) is 23.1 Å². The molecule has 0 saturated heterocycles. The zero-order chi connectivity index (χ0) is 31.4. The van der Waals surface area contributed by atoms with Crippen LogP contribution in [0.5, 0.6) is 5.75 Å². The number of rotatable bonds is 9. The van der Waals surface area contributed by atoms with Gasteiger partial charge in [0.2, 0.25) is 10.0 Å². The quantitative estimate of drug-likeness (QED) is 0.275. The molecular weight excluding hydrogens is 601 g/mol. The molecule has 12 heteroatoms. The number of sulfonamides is 1. The average Bonchev–Trinajstić information content (AvgIpc) is 3.58. The summed E-state index contributed by atoms with van der Waals surface area (Å²) in [5.41, 5.74) is 1.76. The van der Waals surface area contributed by atoms with Gasteiger partial charge >= 0.3 is 0 Å². The number of likely N-dealkylation sites (N-methyl/N-ethyl adjacent to an activating group) is 1. The number of nitrogens with zero attached hydrogens (tertiary/aromatic N) is 3. The van der Waals surface area contributed by atoms with Gasteiger partial charge in [-0.15, -0.1) is 11.3 Å². The van der Waals surface area contributed by atoms with Crippen molar-refractivity contribution in [2.75, 3.05) is 32.1 Å². The van der Waals surface area contributed by atoms with Crippen molar-refractivity contribution < 1.29 is 27.9 Å². The SMILES string of the molecule is C[C@@H]1CN([C@H](C)CO)C(=O)c2cccc(NC(=O)c3ccc(-c4nccs4)cc3)c2O[C@H]1CN(C)S(=O)(=O)c1ccccc1. The van der Waals surface area contributed by atoms with Crippen molar-refractivity contribution in [3.05, 3.63) is 95.5 Å². The highest BCUT2D eigenvalue weighted by atomic mass is 32.2. The van der Waals surface area contributed by atoms with Crippen LogP contribution in [0.4, 0.5) is 5.69 Å². The number of amides is 2. The summed E-state index contributed by atoms with van der Waals surface area (Å²) in [7, 11) is -2.34. The minimum absolute atomic E-state index is 0.0200. The van der Waals surface area contributed by atoms with Crippen molar-refractivity contribution >= 4 is 38.9 Å². The highest BCUT2D eigenvalue weighted by molar-refractivity contribution is 7.89. The second-order valence-corrected chi connectivity index (χ2v) is 13.7. The molecule has 1 aliphatic rings. The van der Waals surface area contributed by atoms with E-state index in [0.29, 0.717) is 5.56 Å². The van der Waals surface area contributed by atoms with Gasteiger partial charge < -0.3 is 20.1 Å². The van der Waals surface area contributed by atoms with Gasteiger partial charge in [-0.05, 0) is 43.3 Å². The van der Waals surface area contributed by atoms with E-state index in [1.54, 1.807) is 66.6 Å². The Morgan fingerprint density at radius 3 is 2.52 bits per heavy atom. The summed E-state index contributed by atoms with van der Waals surface area (Å²) in [4.78, 5) is 33.2. The van der Waals surface area contributed by atoms with Crippen LogP contribution >= 0.6 is 11.3 Å². The standard InChI is InChI=1S/C32H34N4O6S2/c1-21-18-36(22(2)20-37)32(39)26-10-7-11-27(34-30(38)23-12-14-24(15-13-23)31-33-16-17-43-31)29(26)42-28(21)19-35(3)44(40,41)25-8-5-4-6-9-25/h4-17,21-22,28,37H,18-20H2,1-3H3,(H,34,38)/t21-,22-,28+/m1/s1. The molecular formula is C32H34N4O6S2. The van der Waals surface area contributed by atoms with Gasteiger partial charge in [0.25, 0.3) is 11.8 Å². The summed E-state index contributed by atoms with van der Waals surface area (Å²) in [6.07, 6.45) is 1.02. The third kappa shape index (κ3) is 6.53. The van der Waals surface area contributed by atoms with E-state index >= 15 is 0 Å². The van der Waals surface area contributed by atoms with Gasteiger partial charge in [0, 0.05) is 42.2 Å². The number of fused-ring (bicyclic) bond motifs is 1. The summed E-state index contributed by atoms with van der Waals surface area (Å²) in [5, 5.41) is 15.6. The van der Waals surface area contributed by atoms with Crippen molar-refractivity contribution in [3.63, 3.8) is 0 Å². The molecule has 0 fully saturated rings. The second-order valence-electron chi connectivity index (χ2n) is 10.8. The Labute approximate surface area is 261 Å². The maximum atomic E-state index is 13.8. The number of nitrogens with one attached hydrogen (secondary N) is 1. The number of ether oxygens (including phenoxy) is 1. The second kappa shape index (κ2) is 13.3. The van der Waals surface area contributed by atoms with Crippen LogP contribution in [0.25, 0.3) is 10.6 Å². The Morgan fingerprint density at radius 1 is 1.14 bits per heavy atom. The Morgan fingerprint density at radius 2 is 1.86 bits per heavy atom. The lowest BCUT2D eigenvalue weighted by molar-refractivity contribution is 0.0388. The minimum atomic E-state index is -3.83. The molecule has 1 aliphatic heterocycles. The first-order valence-electron chi connectivity index (χ1n) is 14.1. The van der Waals surface area contributed by atoms with Gasteiger partial charge in [0.15, 0.2) is 5.75 Å². The zero-order valence-corrected chi connectivity index (χ0v) is 26.2. The maximum Gasteiger partial charge on any atom is 0.258 e. The molecule has 2 N–H and O–H groups in total. The molecule has 3 aromatic carbocycles. The van der Waals surface area contributed by atoms with Gasteiger partial charge in [0.1, 0.15) is 11.1 Å². The number of para-hydroxylation sites is 1. The molecule has 0 unspecified atom stereocenters. The van der Waals surface area contributed by atoms with E-state index in [-0.39, 0.29) is 53.4 Å². The fourth-order valence-corrected chi connectivity index (χ4v) is 6.86. The molecule has 2 heterocycles. The highest BCUT2D eigenvalue weighted by Gasteiger charge is 2.36. The first-order chi connectivity index (χ1) is 21.1. The van der Waals surface area contributed by atoms with Crippen molar-refractivity contribution in [1.29, 1.82) is 0 Å². The number of anilines is 1. The highest BCUT2D eigenvalue weighted by Crippen LogP contribution is 2.35. The van der Waals surface area contributed by atoms with Crippen LogP contribution in [0.2, 0.25) is 0 Å². The zero-order valence-electron chi connectivity index (χ0n) is 24.6. The van der Waals surface area contributed by atoms with Crippen molar-refractivity contribution in [1.82, 2.24) is 14.2 Å². The first-order valence-corrected chi connectivity index (χ1v) is 16.5. The minimum Gasteiger partial charge on any atom is -0.486 e. The number of hydrogen-bond donors (Lipinski definition) is 2. The molecule has 44 heavy (non-hydrogen) atoms. The average molecular weight is 635 g/mol. The molecule has 1 aromatic heterocycles. The molecule has 230 valence electrons. The van der Waals surface area contributed by atoms with Crippen LogP contribution in [-0.4, -0.2) is 78.4 Å². The number of thiazole rings is 1. The molecule has 2 amide bonds. The number of carbonyl (C=O) groups is 2. The number of aromatic nitrogens is 1. The predicted octanol–water partition coefficient (Wildman–Crippen LogP) is 4.60. The largest absolute Gasteiger partial charge is 0.486 e. The van der Waals surface area contributed by atoms with E-state index in [2.05, 4.69) is 10.3 Å². The van der Waals surface area contributed by atoms with Gasteiger partial charge in [-0.1, -0.05) is 43.3 Å². The fourth-order valence-electron chi connectivity index (χ4n) is 5.01. The van der Waals surface area contributed by atoms with E-state index in [1.165, 1.54) is 34.8 Å². The summed E-state index contributed by atoms with van der Waals surface area (Å²) in [5.74, 6) is -0.962. The Balaban J connectivity index is 1.47. The Bertz CT molecular complexity index is 1710. The number of aliphatic hydroxyl groups excluding tert-OH is 1. The lowest BCUT2D eigenvalue weighted by atomic mass is 9.99. The van der Waals surface area contributed by atoms with Gasteiger partial charge in [0.05, 0.1) is 35.3 Å². The molecule has 0 bridgehead atoms. The van der Waals surface area contributed by atoms with E-state index in [0.717, 1.165) is 10.6 Å². The number of benzene rings is 3. The molecule has 4 aromatic rings. The van der Waals surface area contributed by atoms with Gasteiger partial charge in [-0.25, -0.2) is 13.4 Å². The lowest BCUT2D eigenvalue weighted by Gasteiger charge is -2.38. The van der Waals surface area contributed by atoms with E-state index < -0.39 is 28.1 Å². The summed E-state index contributed by atoms with van der Waals surface area (Å²) in [6, 6.07) is 19.5. The Hall–Kier alpha value is -4.10. The topological polar surface area (TPSA) is 129 Å². The van der Waals surface area contributed by atoms with Gasteiger partial charge in [-0.3, -0.25) is 9.59 Å². The molecule has 10 nitrogen and oxygen atoms in total. The molecule has 0 spiro atoms. The Kier molecular flexibility index (Phi) is 9.45. The van der Waals surface area contributed by atoms with E-state index in [4.69, 9.17) is 4.74 Å². The van der Waals surface area contributed by atoms with E-state index in [1.807, 2.05) is 24.4 Å². The van der Waals surface area contributed by atoms with Crippen LogP contribution in [0.1, 0.15) is 34.6 Å². The lowest BCUT2D eigenvalue weighted by Crippen LogP contribution is -2.50. The molecule has 5 rings (SSSR count). The maximum absolute atomic E-state index is 13.8. The van der Waals surface area contributed by atoms with Crippen LogP contribution < -0.4 is 10.1 Å². The number of hydrogen-bond acceptors (Lipinski definition) is 8.